The molecule has 2 rings (SSSR count). The normalized spacial score (nSPS) is 10.3. The summed E-state index contributed by atoms with van der Waals surface area (Å²) in [6, 6.07) is 4.92. The predicted molar refractivity (Wildman–Crippen MR) is 76.2 cm³/mol. The summed E-state index contributed by atoms with van der Waals surface area (Å²) in [4.78, 5) is 23.8. The third-order valence-corrected chi connectivity index (χ3v) is 3.13. The third kappa shape index (κ3) is 2.76. The molecule has 1 amide bonds. The summed E-state index contributed by atoms with van der Waals surface area (Å²) in [6.07, 6.45) is 0. The molecule has 1 N–H and O–H groups in total. The molecule has 21 heavy (non-hydrogen) atoms. The highest BCUT2D eigenvalue weighted by atomic mass is 16.5. The molecule has 7 heteroatoms. The van der Waals surface area contributed by atoms with Crippen LogP contribution >= 0.6 is 0 Å². The number of hydrogen-bond acceptors (Lipinski definition) is 5. The highest BCUT2D eigenvalue weighted by Crippen LogP contribution is 2.29. The van der Waals surface area contributed by atoms with Gasteiger partial charge in [-0.15, -0.1) is 0 Å². The molecule has 0 saturated carbocycles. The fourth-order valence-corrected chi connectivity index (χ4v) is 1.91. The average molecular weight is 292 g/mol. The number of rotatable bonds is 4. The van der Waals surface area contributed by atoms with E-state index in [2.05, 4.69) is 5.32 Å². The topological polar surface area (TPSA) is 82.7 Å². The third-order valence-electron chi connectivity index (χ3n) is 3.13. The van der Waals surface area contributed by atoms with E-state index in [1.54, 1.807) is 32.2 Å². The molecule has 1 heterocycles. The van der Waals surface area contributed by atoms with E-state index in [1.807, 2.05) is 0 Å². The molecule has 0 radical (unpaired) electrons. The highest BCUT2D eigenvalue weighted by Gasteiger charge is 2.20. The zero-order chi connectivity index (χ0) is 15.6. The van der Waals surface area contributed by atoms with Gasteiger partial charge in [-0.3, -0.25) is 4.79 Å². The number of nitrogens with zero attached hydrogens (tertiary/aromatic N) is 1. The number of anilines is 1. The van der Waals surface area contributed by atoms with E-state index in [1.165, 1.54) is 19.0 Å². The Kier molecular flexibility index (Phi) is 4.02. The van der Waals surface area contributed by atoms with Crippen molar-refractivity contribution in [2.45, 2.75) is 6.92 Å². The standard InChI is InChI=1S/C14H16N2O5/c1-8-12(14(18)21-16(8)2)13(17)15-9-5-6-10(19-3)11(7-9)20-4/h5-7H,1-4H3,(H,15,17). The van der Waals surface area contributed by atoms with Crippen LogP contribution in [0.15, 0.2) is 27.5 Å². The maximum Gasteiger partial charge on any atom is 0.370 e. The van der Waals surface area contributed by atoms with E-state index < -0.39 is 11.5 Å². The Morgan fingerprint density at radius 2 is 1.90 bits per heavy atom. The van der Waals surface area contributed by atoms with Crippen LogP contribution in [0.1, 0.15) is 16.1 Å². The molecule has 0 unspecified atom stereocenters. The molecule has 0 bridgehead atoms. The van der Waals surface area contributed by atoms with Gasteiger partial charge in [-0.1, -0.05) is 0 Å². The molecule has 0 atom stereocenters. The van der Waals surface area contributed by atoms with Gasteiger partial charge in [-0.05, 0) is 19.1 Å². The molecular weight excluding hydrogens is 276 g/mol. The number of benzene rings is 1. The van der Waals surface area contributed by atoms with Gasteiger partial charge in [0.15, 0.2) is 11.5 Å². The molecule has 0 fully saturated rings. The lowest BCUT2D eigenvalue weighted by Gasteiger charge is -2.10. The summed E-state index contributed by atoms with van der Waals surface area (Å²) in [5, 5.41) is 2.63. The first-order chi connectivity index (χ1) is 9.97. The van der Waals surface area contributed by atoms with Crippen LogP contribution in [0.3, 0.4) is 0 Å². The molecule has 1 aromatic carbocycles. The van der Waals surface area contributed by atoms with Crippen molar-refractivity contribution < 1.29 is 18.8 Å². The van der Waals surface area contributed by atoms with Gasteiger partial charge in [-0.2, -0.15) is 0 Å². The van der Waals surface area contributed by atoms with Crippen LogP contribution < -0.4 is 20.4 Å². The van der Waals surface area contributed by atoms with E-state index in [0.717, 1.165) is 0 Å². The van der Waals surface area contributed by atoms with E-state index in [-0.39, 0.29) is 5.56 Å². The minimum absolute atomic E-state index is 0.0210. The first-order valence-corrected chi connectivity index (χ1v) is 6.18. The van der Waals surface area contributed by atoms with Crippen molar-refractivity contribution in [2.75, 3.05) is 19.5 Å². The second kappa shape index (κ2) is 5.74. The van der Waals surface area contributed by atoms with Gasteiger partial charge in [0.1, 0.15) is 5.56 Å². The van der Waals surface area contributed by atoms with Gasteiger partial charge in [0.25, 0.3) is 5.91 Å². The highest BCUT2D eigenvalue weighted by molar-refractivity contribution is 6.04. The molecule has 7 nitrogen and oxygen atoms in total. The number of carbonyl (C=O) groups is 1. The van der Waals surface area contributed by atoms with Crippen molar-refractivity contribution in [1.82, 2.24) is 4.74 Å². The number of nitrogens with one attached hydrogen (secondary N) is 1. The number of methoxy groups -OCH3 is 2. The minimum atomic E-state index is -0.673. The Bertz CT molecular complexity index is 729. The summed E-state index contributed by atoms with van der Waals surface area (Å²) < 4.78 is 16.4. The number of amides is 1. The predicted octanol–water partition coefficient (Wildman–Crippen LogP) is 1.56. The summed E-state index contributed by atoms with van der Waals surface area (Å²) >= 11 is 0. The fourth-order valence-electron chi connectivity index (χ4n) is 1.91. The zero-order valence-electron chi connectivity index (χ0n) is 12.2. The second-order valence-corrected chi connectivity index (χ2v) is 4.36. The zero-order valence-corrected chi connectivity index (χ0v) is 12.2. The van der Waals surface area contributed by atoms with Crippen molar-refractivity contribution in [2.24, 2.45) is 7.05 Å². The SMILES string of the molecule is COc1ccc(NC(=O)c2c(C)n(C)oc2=O)cc1OC. The van der Waals surface area contributed by atoms with Crippen molar-refractivity contribution >= 4 is 11.6 Å². The molecule has 112 valence electrons. The van der Waals surface area contributed by atoms with Crippen LogP contribution in [-0.4, -0.2) is 24.9 Å². The molecule has 0 saturated heterocycles. The summed E-state index contributed by atoms with van der Waals surface area (Å²) in [5.74, 6) is 0.493. The van der Waals surface area contributed by atoms with Gasteiger partial charge in [0.05, 0.1) is 19.9 Å². The van der Waals surface area contributed by atoms with Gasteiger partial charge in [-0.25, -0.2) is 9.53 Å². The number of carbonyl (C=O) groups excluding carboxylic acids is 1. The van der Waals surface area contributed by atoms with Crippen molar-refractivity contribution in [3.8, 4) is 11.5 Å². The lowest BCUT2D eigenvalue weighted by atomic mass is 10.2. The Labute approximate surface area is 121 Å². The molecule has 0 spiro atoms. The maximum atomic E-state index is 12.2. The lowest BCUT2D eigenvalue weighted by molar-refractivity contribution is 0.102. The van der Waals surface area contributed by atoms with Crippen molar-refractivity contribution in [3.05, 3.63) is 39.9 Å². The molecule has 0 aliphatic heterocycles. The molecule has 0 aliphatic rings. The second-order valence-electron chi connectivity index (χ2n) is 4.36. The molecule has 0 aliphatic carbocycles. The Balaban J connectivity index is 2.30. The monoisotopic (exact) mass is 292 g/mol. The van der Waals surface area contributed by atoms with E-state index >= 15 is 0 Å². The van der Waals surface area contributed by atoms with Gasteiger partial charge in [0, 0.05) is 18.8 Å². The van der Waals surface area contributed by atoms with Crippen LogP contribution in [0.5, 0.6) is 11.5 Å². The largest absolute Gasteiger partial charge is 0.493 e. The van der Waals surface area contributed by atoms with Crippen LogP contribution in [0, 0.1) is 6.92 Å². The van der Waals surface area contributed by atoms with Crippen LogP contribution in [0.2, 0.25) is 0 Å². The average Bonchev–Trinajstić information content (AvgIpc) is 2.71. The lowest BCUT2D eigenvalue weighted by Crippen LogP contribution is -2.19. The van der Waals surface area contributed by atoms with E-state index in [9.17, 15) is 9.59 Å². The summed E-state index contributed by atoms with van der Waals surface area (Å²) in [6.45, 7) is 1.63. The van der Waals surface area contributed by atoms with E-state index in [4.69, 9.17) is 14.0 Å². The van der Waals surface area contributed by atoms with Gasteiger partial charge in [0.2, 0.25) is 0 Å². The number of hydrogen-bond donors (Lipinski definition) is 1. The van der Waals surface area contributed by atoms with Crippen molar-refractivity contribution in [1.29, 1.82) is 0 Å². The van der Waals surface area contributed by atoms with Crippen LogP contribution in [-0.2, 0) is 7.05 Å². The number of aryl methyl sites for hydroxylation is 1. The van der Waals surface area contributed by atoms with Crippen molar-refractivity contribution in [3.63, 3.8) is 0 Å². The number of aromatic nitrogens is 1. The van der Waals surface area contributed by atoms with E-state index in [0.29, 0.717) is 22.9 Å². The van der Waals surface area contributed by atoms with Gasteiger partial charge < -0.3 is 19.3 Å². The molecule has 1 aromatic heterocycles. The quantitative estimate of drug-likeness (QED) is 0.924. The van der Waals surface area contributed by atoms with Gasteiger partial charge >= 0.3 is 5.63 Å². The van der Waals surface area contributed by atoms with Crippen LogP contribution in [0.4, 0.5) is 5.69 Å². The Morgan fingerprint density at radius 1 is 1.24 bits per heavy atom. The number of ether oxygens (including phenoxy) is 2. The first kappa shape index (κ1) is 14.7. The first-order valence-electron chi connectivity index (χ1n) is 6.18. The Morgan fingerprint density at radius 3 is 2.43 bits per heavy atom. The Hall–Kier alpha value is -2.70. The fraction of sp³-hybridized carbons (Fsp3) is 0.286. The molecular formula is C14H16N2O5. The maximum absolute atomic E-state index is 12.2. The summed E-state index contributed by atoms with van der Waals surface area (Å²) in [7, 11) is 4.58. The molecule has 2 aromatic rings. The summed E-state index contributed by atoms with van der Waals surface area (Å²) in [5.41, 5.74) is 0.249. The smallest absolute Gasteiger partial charge is 0.370 e. The van der Waals surface area contributed by atoms with Crippen LogP contribution in [0.25, 0.3) is 0 Å². The minimum Gasteiger partial charge on any atom is -0.493 e.